The average molecular weight is 533 g/mol. The molecule has 0 spiro atoms. The van der Waals surface area contributed by atoms with Crippen LogP contribution in [0.5, 0.6) is 0 Å². The van der Waals surface area contributed by atoms with E-state index in [1.54, 1.807) is 0 Å². The summed E-state index contributed by atoms with van der Waals surface area (Å²) in [6, 6.07) is 18.1. The minimum Gasteiger partial charge on any atom is -0.296 e. The summed E-state index contributed by atoms with van der Waals surface area (Å²) >= 11 is 0. The van der Waals surface area contributed by atoms with Crippen molar-refractivity contribution < 1.29 is 20.1 Å². The van der Waals surface area contributed by atoms with Crippen LogP contribution in [0.3, 0.4) is 0 Å². The summed E-state index contributed by atoms with van der Waals surface area (Å²) in [5, 5.41) is 1.33. The number of hydrogen-bond donors (Lipinski definition) is 0. The third-order valence-electron chi connectivity index (χ3n) is 5.36. The van der Waals surface area contributed by atoms with E-state index in [4.69, 9.17) is 4.98 Å². The fourth-order valence-electron chi connectivity index (χ4n) is 4.01. The fraction of sp³-hybridized carbons (Fsp3) is 0.320. The van der Waals surface area contributed by atoms with Crippen LogP contribution in [0.15, 0.2) is 42.5 Å². The molecule has 2 aromatic carbocycles. The zero-order valence-corrected chi connectivity index (χ0v) is 18.3. The Morgan fingerprint density at radius 1 is 0.889 bits per heavy atom. The number of rotatable bonds is 8. The van der Waals surface area contributed by atoms with Crippen LogP contribution in [-0.4, -0.2) is 4.98 Å². The summed E-state index contributed by atoms with van der Waals surface area (Å²) in [4.78, 5) is 5.06. The average Bonchev–Trinajstić information content (AvgIpc) is 3.12. The number of unbranched alkanes of at least 4 members (excludes halogenated alkanes) is 5. The molecule has 1 radical (unpaired) electrons. The van der Waals surface area contributed by atoms with Crippen molar-refractivity contribution >= 4 is 23.1 Å². The molecule has 0 N–H and O–H groups in total. The summed E-state index contributed by atoms with van der Waals surface area (Å²) < 4.78 is 0. The van der Waals surface area contributed by atoms with E-state index in [0.29, 0.717) is 0 Å². The van der Waals surface area contributed by atoms with Gasteiger partial charge in [0.1, 0.15) is 0 Å². The van der Waals surface area contributed by atoms with Crippen LogP contribution in [0.1, 0.15) is 62.1 Å². The van der Waals surface area contributed by atoms with Gasteiger partial charge in [0.15, 0.2) is 0 Å². The van der Waals surface area contributed by atoms with E-state index in [2.05, 4.69) is 55.5 Å². The first-order valence-electron chi connectivity index (χ1n) is 9.99. The van der Waals surface area contributed by atoms with Crippen LogP contribution in [0.2, 0.25) is 0 Å². The zero-order chi connectivity index (χ0) is 17.8. The van der Waals surface area contributed by atoms with E-state index in [1.807, 2.05) is 12.1 Å². The van der Waals surface area contributed by atoms with Gasteiger partial charge < -0.3 is 0 Å². The van der Waals surface area contributed by atoms with Gasteiger partial charge in [-0.15, -0.1) is 35.9 Å². The molecule has 0 unspecified atom stereocenters. The van der Waals surface area contributed by atoms with Crippen LogP contribution in [0.4, 0.5) is 0 Å². The topological polar surface area (TPSA) is 12.9 Å². The standard InChI is InChI=1S/C25H26N.Ir/c1-2-3-4-5-6-10-15-22-21-18-17-19-14-11-16-23(24(19)21)26-25(22)20-12-8-7-9-13-20;/h7-9,11-12,14,16-18H,2-6,10,15H2,1H3;/q-1;. The van der Waals surface area contributed by atoms with Crippen molar-refractivity contribution in [2.75, 3.05) is 0 Å². The maximum atomic E-state index is 5.06. The van der Waals surface area contributed by atoms with Crippen molar-refractivity contribution in [3.05, 3.63) is 65.2 Å². The van der Waals surface area contributed by atoms with E-state index in [-0.39, 0.29) is 20.1 Å². The molecule has 0 fully saturated rings. The normalized spacial score (nSPS) is 11.7. The van der Waals surface area contributed by atoms with Crippen LogP contribution >= 0.6 is 0 Å². The van der Waals surface area contributed by atoms with Gasteiger partial charge in [0.2, 0.25) is 0 Å². The van der Waals surface area contributed by atoms with Gasteiger partial charge in [0.05, 0.1) is 5.52 Å². The number of aromatic nitrogens is 1. The number of benzene rings is 2. The van der Waals surface area contributed by atoms with Crippen molar-refractivity contribution in [3.63, 3.8) is 0 Å². The molecule has 27 heavy (non-hydrogen) atoms. The Hall–Kier alpha value is -1.76. The van der Waals surface area contributed by atoms with E-state index in [0.717, 1.165) is 23.2 Å². The maximum Gasteiger partial charge on any atom is 0.0607 e. The van der Waals surface area contributed by atoms with Crippen molar-refractivity contribution in [3.8, 4) is 11.3 Å². The van der Waals surface area contributed by atoms with E-state index < -0.39 is 0 Å². The van der Waals surface area contributed by atoms with Gasteiger partial charge in [-0.3, -0.25) is 4.98 Å². The zero-order valence-electron chi connectivity index (χ0n) is 15.9. The maximum absolute atomic E-state index is 5.06. The van der Waals surface area contributed by atoms with Crippen LogP contribution < -0.4 is 0 Å². The predicted molar refractivity (Wildman–Crippen MR) is 112 cm³/mol. The molecule has 3 aromatic rings. The van der Waals surface area contributed by atoms with Gasteiger partial charge in [0.25, 0.3) is 0 Å². The van der Waals surface area contributed by atoms with Gasteiger partial charge in [0, 0.05) is 25.5 Å². The van der Waals surface area contributed by atoms with E-state index >= 15 is 0 Å². The minimum atomic E-state index is 0. The third-order valence-corrected chi connectivity index (χ3v) is 5.36. The largest absolute Gasteiger partial charge is 0.296 e. The molecule has 1 nitrogen and oxygen atoms in total. The Morgan fingerprint density at radius 2 is 1.74 bits per heavy atom. The molecule has 2 heteroatoms. The summed E-state index contributed by atoms with van der Waals surface area (Å²) in [6.07, 6.45) is 13.5. The van der Waals surface area contributed by atoms with Crippen molar-refractivity contribution in [1.29, 1.82) is 0 Å². The smallest absolute Gasteiger partial charge is 0.0607 e. The second kappa shape index (κ2) is 9.44. The van der Waals surface area contributed by atoms with Crippen LogP contribution in [-0.2, 0) is 26.5 Å². The molecule has 1 aliphatic carbocycles. The molecule has 4 rings (SSSR count). The first-order chi connectivity index (χ1) is 12.9. The molecule has 1 aromatic heterocycles. The molecule has 0 bridgehead atoms. The second-order valence-corrected chi connectivity index (χ2v) is 7.22. The Balaban J connectivity index is 0.00000210. The minimum absolute atomic E-state index is 0. The summed E-state index contributed by atoms with van der Waals surface area (Å²) in [5.74, 6) is 0. The van der Waals surface area contributed by atoms with Gasteiger partial charge in [-0.05, 0) is 35.7 Å². The first kappa shape index (κ1) is 20.0. The van der Waals surface area contributed by atoms with Gasteiger partial charge in [-0.1, -0.05) is 68.9 Å². The molecule has 0 amide bonds. The molecular weight excluding hydrogens is 506 g/mol. The molecule has 0 saturated heterocycles. The number of nitrogens with zero attached hydrogens (tertiary/aromatic N) is 1. The number of pyridine rings is 1. The summed E-state index contributed by atoms with van der Waals surface area (Å²) in [6.45, 7) is 2.27. The van der Waals surface area contributed by atoms with Crippen molar-refractivity contribution in [1.82, 2.24) is 4.98 Å². The Labute approximate surface area is 176 Å². The van der Waals surface area contributed by atoms with Gasteiger partial charge >= 0.3 is 0 Å². The third kappa shape index (κ3) is 4.23. The van der Waals surface area contributed by atoms with Crippen LogP contribution in [0, 0.1) is 6.07 Å². The van der Waals surface area contributed by atoms with E-state index in [1.165, 1.54) is 60.6 Å². The van der Waals surface area contributed by atoms with E-state index in [9.17, 15) is 0 Å². The fourth-order valence-corrected chi connectivity index (χ4v) is 4.01. The molecule has 0 aliphatic heterocycles. The quantitative estimate of drug-likeness (QED) is 0.174. The van der Waals surface area contributed by atoms with Crippen molar-refractivity contribution in [2.24, 2.45) is 0 Å². The number of hydrogen-bond acceptors (Lipinski definition) is 1. The molecular formula is C25H26IrN-. The summed E-state index contributed by atoms with van der Waals surface area (Å²) in [7, 11) is 0. The molecule has 1 aliphatic rings. The molecule has 0 saturated carbocycles. The Morgan fingerprint density at radius 3 is 2.56 bits per heavy atom. The van der Waals surface area contributed by atoms with Crippen molar-refractivity contribution in [2.45, 2.75) is 51.9 Å². The monoisotopic (exact) mass is 533 g/mol. The summed E-state index contributed by atoms with van der Waals surface area (Å²) in [5.41, 5.74) is 7.41. The molecule has 0 atom stereocenters. The molecule has 1 heterocycles. The Bertz CT molecular complexity index is 928. The SMILES string of the molecule is CCCCCCCCc1c(-c2[c-]cccc2)nc2cccc3c2c1C=C3.[Ir]. The van der Waals surface area contributed by atoms with Crippen LogP contribution in [0.25, 0.3) is 34.3 Å². The molecule has 141 valence electrons. The van der Waals surface area contributed by atoms with Gasteiger partial charge in [-0.25, -0.2) is 0 Å². The second-order valence-electron chi connectivity index (χ2n) is 7.22. The predicted octanol–water partition coefficient (Wildman–Crippen LogP) is 7.09. The Kier molecular flexibility index (Phi) is 6.99. The van der Waals surface area contributed by atoms with Gasteiger partial charge in [-0.2, -0.15) is 0 Å². The first-order valence-corrected chi connectivity index (χ1v) is 9.99.